The fourth-order valence-corrected chi connectivity index (χ4v) is 7.01. The average molecular weight is 540 g/mol. The van der Waals surface area contributed by atoms with E-state index in [0.29, 0.717) is 39.8 Å². The molecule has 3 aromatic heterocycles. The molecule has 1 N–H and O–H groups in total. The number of ether oxygens (including phenoxy) is 1. The van der Waals surface area contributed by atoms with Gasteiger partial charge in [0.05, 0.1) is 21.1 Å². The summed E-state index contributed by atoms with van der Waals surface area (Å²) in [5.74, 6) is 3.73. The number of pyridine rings is 1. The minimum absolute atomic E-state index is 0.329. The van der Waals surface area contributed by atoms with Crippen LogP contribution in [0.5, 0.6) is 11.5 Å². The van der Waals surface area contributed by atoms with Crippen molar-refractivity contribution in [1.82, 2.24) is 14.5 Å². The van der Waals surface area contributed by atoms with Crippen molar-refractivity contribution in [3.05, 3.63) is 81.4 Å². The molecule has 200 valence electrons. The van der Waals surface area contributed by atoms with Crippen LogP contribution in [0.25, 0.3) is 32.7 Å². The Kier molecular flexibility index (Phi) is 6.85. The van der Waals surface area contributed by atoms with Crippen LogP contribution in [0.3, 0.4) is 0 Å². The molecule has 6 rings (SSSR count). The monoisotopic (exact) mass is 539 g/mol. The van der Waals surface area contributed by atoms with E-state index in [-0.39, 0.29) is 5.69 Å². The maximum Gasteiger partial charge on any atom is 0.353 e. The Morgan fingerprint density at radius 3 is 2.56 bits per heavy atom. The van der Waals surface area contributed by atoms with E-state index >= 15 is 0 Å². The first-order valence-corrected chi connectivity index (χ1v) is 14.6. The zero-order valence-corrected chi connectivity index (χ0v) is 23.4. The highest BCUT2D eigenvalue weighted by molar-refractivity contribution is 7.17. The van der Waals surface area contributed by atoms with Gasteiger partial charge < -0.3 is 9.84 Å². The van der Waals surface area contributed by atoms with E-state index in [1.165, 1.54) is 24.2 Å². The van der Waals surface area contributed by atoms with Gasteiger partial charge in [0.15, 0.2) is 0 Å². The van der Waals surface area contributed by atoms with Gasteiger partial charge in [-0.05, 0) is 92.3 Å². The first-order chi connectivity index (χ1) is 18.9. The van der Waals surface area contributed by atoms with E-state index < -0.39 is 0 Å². The van der Waals surface area contributed by atoms with E-state index in [0.717, 1.165) is 51.5 Å². The normalized spacial score (nSPS) is 18.7. The number of hydrogen-bond acceptors (Lipinski definition) is 6. The Hall–Kier alpha value is -3.71. The summed E-state index contributed by atoms with van der Waals surface area (Å²) in [6.45, 7) is 6.57. The minimum atomic E-state index is -0.375. The van der Waals surface area contributed by atoms with Crippen molar-refractivity contribution in [2.24, 2.45) is 17.8 Å². The summed E-state index contributed by atoms with van der Waals surface area (Å²) in [4.78, 5) is 23.4. The van der Waals surface area contributed by atoms with Gasteiger partial charge in [-0.3, -0.25) is 4.57 Å². The molecule has 0 spiro atoms. The van der Waals surface area contributed by atoms with Crippen molar-refractivity contribution in [2.75, 3.05) is 0 Å². The molecule has 7 heteroatoms. The Morgan fingerprint density at radius 1 is 1.08 bits per heavy atom. The molecule has 0 aliphatic heterocycles. The highest BCUT2D eigenvalue weighted by Crippen LogP contribution is 2.36. The summed E-state index contributed by atoms with van der Waals surface area (Å²) in [7, 11) is 0. The zero-order chi connectivity index (χ0) is 27.1. The molecule has 0 saturated heterocycles. The molecular formula is C32H33N3O3S. The third-order valence-corrected chi connectivity index (χ3v) is 9.29. The number of aryl methyl sites for hydroxylation is 1. The van der Waals surface area contributed by atoms with Crippen molar-refractivity contribution < 1.29 is 9.84 Å². The molecule has 0 radical (unpaired) electrons. The predicted octanol–water partition coefficient (Wildman–Crippen LogP) is 7.33. The number of thiophene rings is 1. The van der Waals surface area contributed by atoms with Gasteiger partial charge in [-0.1, -0.05) is 32.0 Å². The Morgan fingerprint density at radius 2 is 1.85 bits per heavy atom. The van der Waals surface area contributed by atoms with Gasteiger partial charge in [-0.15, -0.1) is 11.3 Å². The van der Waals surface area contributed by atoms with Gasteiger partial charge in [0.2, 0.25) is 0 Å². The third-order valence-electron chi connectivity index (χ3n) is 8.15. The van der Waals surface area contributed by atoms with Crippen LogP contribution in [-0.2, 0) is 0 Å². The second-order valence-electron chi connectivity index (χ2n) is 11.1. The number of hydrogen-bond donors (Lipinski definition) is 1. The van der Waals surface area contributed by atoms with Crippen LogP contribution in [0.4, 0.5) is 0 Å². The lowest BCUT2D eigenvalue weighted by Crippen LogP contribution is -2.24. The lowest BCUT2D eigenvalue weighted by Gasteiger charge is -2.30. The first-order valence-electron chi connectivity index (χ1n) is 13.7. The Bertz CT molecular complexity index is 1750. The highest BCUT2D eigenvalue weighted by Gasteiger charge is 2.25. The van der Waals surface area contributed by atoms with Gasteiger partial charge in [0, 0.05) is 12.6 Å². The minimum Gasteiger partial charge on any atom is -0.511 e. The van der Waals surface area contributed by atoms with E-state index in [2.05, 4.69) is 23.8 Å². The maximum atomic E-state index is 13.5. The van der Waals surface area contributed by atoms with Crippen LogP contribution in [0.1, 0.15) is 51.5 Å². The van der Waals surface area contributed by atoms with Crippen LogP contribution in [0.2, 0.25) is 0 Å². The third kappa shape index (κ3) is 4.91. The molecule has 0 bridgehead atoms. The number of benzene rings is 2. The van der Waals surface area contributed by atoms with Crippen molar-refractivity contribution in [2.45, 2.75) is 52.9 Å². The Labute approximate surface area is 231 Å². The average Bonchev–Trinajstić information content (AvgIpc) is 3.30. The van der Waals surface area contributed by atoms with Gasteiger partial charge >= 0.3 is 5.69 Å². The van der Waals surface area contributed by atoms with Gasteiger partial charge in [-0.2, -0.15) is 4.98 Å². The first kappa shape index (κ1) is 25.6. The number of para-hydroxylation sites is 1. The number of rotatable bonds is 6. The lowest BCUT2D eigenvalue weighted by molar-refractivity contribution is 0.220. The van der Waals surface area contributed by atoms with Crippen LogP contribution in [0.15, 0.2) is 65.6 Å². The van der Waals surface area contributed by atoms with Gasteiger partial charge in [0.25, 0.3) is 0 Å². The zero-order valence-electron chi connectivity index (χ0n) is 22.6. The second-order valence-corrected chi connectivity index (χ2v) is 12.1. The summed E-state index contributed by atoms with van der Waals surface area (Å²) in [6, 6.07) is 17.2. The second kappa shape index (κ2) is 10.5. The summed E-state index contributed by atoms with van der Waals surface area (Å²) in [6.07, 6.45) is 7.03. The summed E-state index contributed by atoms with van der Waals surface area (Å²) in [5.41, 5.74) is 2.55. The molecule has 1 saturated carbocycles. The van der Waals surface area contributed by atoms with Crippen molar-refractivity contribution in [1.29, 1.82) is 0 Å². The molecule has 2 aromatic carbocycles. The van der Waals surface area contributed by atoms with E-state index in [9.17, 15) is 9.90 Å². The number of aliphatic hydroxyl groups excluding tert-OH is 1. The van der Waals surface area contributed by atoms with Crippen molar-refractivity contribution in [3.63, 3.8) is 0 Å². The SMILES string of the molecule is Cc1cc(Oc2ccccc2)ccc1-n1c(=O)nc2c(=C(O)CC3CCC(C(C)C)CC3)sc3nccc1c32. The smallest absolute Gasteiger partial charge is 0.353 e. The number of aliphatic hydroxyl groups is 1. The topological polar surface area (TPSA) is 77.2 Å². The molecule has 3 heterocycles. The summed E-state index contributed by atoms with van der Waals surface area (Å²) in [5, 5.41) is 12.1. The molecular weight excluding hydrogens is 506 g/mol. The highest BCUT2D eigenvalue weighted by atomic mass is 32.1. The number of nitrogens with zero attached hydrogens (tertiary/aromatic N) is 3. The molecule has 0 amide bonds. The quantitative estimate of drug-likeness (QED) is 0.244. The molecule has 39 heavy (non-hydrogen) atoms. The predicted molar refractivity (Wildman–Crippen MR) is 158 cm³/mol. The van der Waals surface area contributed by atoms with E-state index in [4.69, 9.17) is 4.74 Å². The van der Waals surface area contributed by atoms with Crippen LogP contribution in [-0.4, -0.2) is 19.6 Å². The van der Waals surface area contributed by atoms with Crippen molar-refractivity contribution >= 4 is 38.3 Å². The fourth-order valence-electron chi connectivity index (χ4n) is 5.95. The summed E-state index contributed by atoms with van der Waals surface area (Å²) >= 11 is 1.42. The summed E-state index contributed by atoms with van der Waals surface area (Å²) < 4.78 is 8.30. The molecule has 1 aliphatic carbocycles. The molecule has 1 aliphatic rings. The van der Waals surface area contributed by atoms with Crippen LogP contribution >= 0.6 is 11.3 Å². The van der Waals surface area contributed by atoms with E-state index in [1.807, 2.05) is 61.5 Å². The van der Waals surface area contributed by atoms with Gasteiger partial charge in [0.1, 0.15) is 27.6 Å². The maximum absolute atomic E-state index is 13.5. The largest absolute Gasteiger partial charge is 0.511 e. The molecule has 1 fully saturated rings. The van der Waals surface area contributed by atoms with Crippen molar-refractivity contribution in [3.8, 4) is 17.2 Å². The molecule has 6 nitrogen and oxygen atoms in total. The lowest BCUT2D eigenvalue weighted by atomic mass is 9.76. The van der Waals surface area contributed by atoms with Crippen LogP contribution < -0.4 is 15.0 Å². The van der Waals surface area contributed by atoms with Gasteiger partial charge in [-0.25, -0.2) is 9.78 Å². The van der Waals surface area contributed by atoms with Crippen LogP contribution in [0, 0.1) is 24.7 Å². The van der Waals surface area contributed by atoms with E-state index in [1.54, 1.807) is 10.8 Å². The molecule has 0 atom stereocenters. The Balaban J connectivity index is 1.38. The number of aromatic nitrogens is 3. The fraction of sp³-hybridized carbons (Fsp3) is 0.344. The molecule has 0 unspecified atom stereocenters. The molecule has 5 aromatic rings. The standard InChI is InChI=1S/C32H33N3O3S/c1-19(2)22-11-9-21(10-12-22)18-27(36)30-29-28-26(15-16-33-31(28)39-30)35(32(37)34-29)25-14-13-24(17-20(25)3)38-23-7-5-4-6-8-23/h4-8,13-17,19,21-22,36H,9-12,18H2,1-3H3.